The maximum absolute atomic E-state index is 12.3. The molecular weight excluding hydrogens is 318 g/mol. The van der Waals surface area contributed by atoms with Crippen LogP contribution in [0.5, 0.6) is 0 Å². The lowest BCUT2D eigenvalue weighted by Gasteiger charge is -2.14. The van der Waals surface area contributed by atoms with Gasteiger partial charge in [0, 0.05) is 11.1 Å². The summed E-state index contributed by atoms with van der Waals surface area (Å²) in [7, 11) is 0. The zero-order valence-corrected chi connectivity index (χ0v) is 13.8. The lowest BCUT2D eigenvalue weighted by molar-refractivity contribution is -0.117. The van der Waals surface area contributed by atoms with Gasteiger partial charge in [0.1, 0.15) is 11.3 Å². The number of hydrogen-bond donors (Lipinski definition) is 3. The molecule has 128 valence electrons. The quantitative estimate of drug-likeness (QED) is 0.666. The Morgan fingerprint density at radius 2 is 1.84 bits per heavy atom. The van der Waals surface area contributed by atoms with Crippen molar-refractivity contribution in [3.8, 4) is 0 Å². The minimum Gasteiger partial charge on any atom is -0.459 e. The molecule has 2 aromatic carbocycles. The predicted octanol–water partition coefficient (Wildman–Crippen LogP) is 3.34. The Morgan fingerprint density at radius 1 is 1.12 bits per heavy atom. The summed E-state index contributed by atoms with van der Waals surface area (Å²) >= 11 is 0. The average molecular weight is 337 g/mol. The van der Waals surface area contributed by atoms with E-state index in [2.05, 4.69) is 10.6 Å². The molecular formula is C19H19N3O3. The second-order valence-corrected chi connectivity index (χ2v) is 5.81. The summed E-state index contributed by atoms with van der Waals surface area (Å²) in [5, 5.41) is 6.56. The van der Waals surface area contributed by atoms with Gasteiger partial charge in [0.05, 0.1) is 12.5 Å². The van der Waals surface area contributed by atoms with Crippen molar-refractivity contribution in [2.75, 3.05) is 5.32 Å². The van der Waals surface area contributed by atoms with Gasteiger partial charge in [-0.25, -0.2) is 4.79 Å². The van der Waals surface area contributed by atoms with Gasteiger partial charge in [-0.05, 0) is 30.7 Å². The van der Waals surface area contributed by atoms with Crippen molar-refractivity contribution in [2.45, 2.75) is 19.4 Å². The maximum Gasteiger partial charge on any atom is 0.319 e. The molecule has 0 bridgehead atoms. The fourth-order valence-electron chi connectivity index (χ4n) is 2.63. The van der Waals surface area contributed by atoms with Crippen molar-refractivity contribution in [3.05, 3.63) is 65.9 Å². The predicted molar refractivity (Wildman–Crippen MR) is 96.1 cm³/mol. The van der Waals surface area contributed by atoms with E-state index in [1.807, 2.05) is 37.3 Å². The molecule has 0 aliphatic carbocycles. The summed E-state index contributed by atoms with van der Waals surface area (Å²) in [6.07, 6.45) is 0.0651. The van der Waals surface area contributed by atoms with Crippen molar-refractivity contribution in [3.63, 3.8) is 0 Å². The SMILES string of the molecule is CC(NC(=O)Nc1ccccc1CC(N)=O)c1cc2ccccc2o1. The Morgan fingerprint density at radius 3 is 2.60 bits per heavy atom. The van der Waals surface area contributed by atoms with E-state index in [1.54, 1.807) is 24.3 Å². The molecule has 0 radical (unpaired) electrons. The number of anilines is 1. The molecule has 0 aliphatic heterocycles. The van der Waals surface area contributed by atoms with E-state index >= 15 is 0 Å². The first-order valence-electron chi connectivity index (χ1n) is 7.95. The Kier molecular flexibility index (Phi) is 4.70. The molecule has 1 heterocycles. The highest BCUT2D eigenvalue weighted by Gasteiger charge is 2.15. The molecule has 0 spiro atoms. The third-order valence-corrected chi connectivity index (χ3v) is 3.85. The molecule has 1 aromatic heterocycles. The number of rotatable bonds is 5. The van der Waals surface area contributed by atoms with Crippen LogP contribution in [0.15, 0.2) is 59.0 Å². The van der Waals surface area contributed by atoms with E-state index in [4.69, 9.17) is 10.2 Å². The van der Waals surface area contributed by atoms with E-state index in [1.165, 1.54) is 0 Å². The topological polar surface area (TPSA) is 97.4 Å². The summed E-state index contributed by atoms with van der Waals surface area (Å²) in [5.74, 6) is 0.215. The Labute approximate surface area is 145 Å². The Hall–Kier alpha value is -3.28. The molecule has 0 aliphatic rings. The van der Waals surface area contributed by atoms with Gasteiger partial charge in [-0.1, -0.05) is 36.4 Å². The van der Waals surface area contributed by atoms with Crippen LogP contribution in [0, 0.1) is 0 Å². The van der Waals surface area contributed by atoms with E-state index in [0.29, 0.717) is 17.0 Å². The van der Waals surface area contributed by atoms with Gasteiger partial charge in [0.2, 0.25) is 5.91 Å². The first-order valence-corrected chi connectivity index (χ1v) is 7.95. The Bertz CT molecular complexity index is 884. The number of primary amides is 1. The zero-order chi connectivity index (χ0) is 17.8. The molecule has 3 rings (SSSR count). The number of furan rings is 1. The lowest BCUT2D eigenvalue weighted by atomic mass is 10.1. The van der Waals surface area contributed by atoms with Gasteiger partial charge in [0.15, 0.2) is 0 Å². The van der Waals surface area contributed by atoms with Gasteiger partial charge in [-0.15, -0.1) is 0 Å². The summed E-state index contributed by atoms with van der Waals surface area (Å²) in [4.78, 5) is 23.4. The number of amides is 3. The van der Waals surface area contributed by atoms with Crippen molar-refractivity contribution in [2.24, 2.45) is 5.73 Å². The fourth-order valence-corrected chi connectivity index (χ4v) is 2.63. The smallest absolute Gasteiger partial charge is 0.319 e. The van der Waals surface area contributed by atoms with E-state index in [-0.39, 0.29) is 18.5 Å². The van der Waals surface area contributed by atoms with Gasteiger partial charge >= 0.3 is 6.03 Å². The van der Waals surface area contributed by atoms with Crippen molar-refractivity contribution in [1.29, 1.82) is 0 Å². The molecule has 25 heavy (non-hydrogen) atoms. The van der Waals surface area contributed by atoms with Crippen molar-refractivity contribution >= 4 is 28.6 Å². The van der Waals surface area contributed by atoms with Crippen LogP contribution in [-0.2, 0) is 11.2 Å². The Balaban J connectivity index is 1.69. The standard InChI is InChI=1S/C19H19N3O3/c1-12(17-10-14-7-3-5-9-16(14)25-17)21-19(24)22-15-8-4-2-6-13(15)11-18(20)23/h2-10,12H,11H2,1H3,(H2,20,23)(H2,21,22,24). The second kappa shape index (κ2) is 7.09. The van der Waals surface area contributed by atoms with Crippen molar-refractivity contribution < 1.29 is 14.0 Å². The number of benzene rings is 2. The number of para-hydroxylation sites is 2. The maximum atomic E-state index is 12.3. The average Bonchev–Trinajstić information content (AvgIpc) is 3.00. The minimum atomic E-state index is -0.453. The van der Waals surface area contributed by atoms with Gasteiger partial charge in [-0.2, -0.15) is 0 Å². The van der Waals surface area contributed by atoms with Crippen LogP contribution in [0.3, 0.4) is 0 Å². The molecule has 6 heteroatoms. The molecule has 6 nitrogen and oxygen atoms in total. The van der Waals surface area contributed by atoms with Crippen LogP contribution in [0.4, 0.5) is 10.5 Å². The molecule has 0 fully saturated rings. The van der Waals surface area contributed by atoms with Gasteiger partial charge < -0.3 is 20.8 Å². The summed E-state index contributed by atoms with van der Waals surface area (Å²) in [6.45, 7) is 1.84. The van der Waals surface area contributed by atoms with Gasteiger partial charge in [-0.3, -0.25) is 4.79 Å². The van der Waals surface area contributed by atoms with Gasteiger partial charge in [0.25, 0.3) is 0 Å². The van der Waals surface area contributed by atoms with E-state index in [0.717, 1.165) is 11.0 Å². The summed E-state index contributed by atoms with van der Waals surface area (Å²) in [6, 6.07) is 15.9. The lowest BCUT2D eigenvalue weighted by Crippen LogP contribution is -2.31. The first kappa shape index (κ1) is 16.6. The molecule has 3 aromatic rings. The normalized spacial score (nSPS) is 11.9. The largest absolute Gasteiger partial charge is 0.459 e. The van der Waals surface area contributed by atoms with E-state index in [9.17, 15) is 9.59 Å². The number of carbonyl (C=O) groups is 2. The highest BCUT2D eigenvalue weighted by atomic mass is 16.3. The highest BCUT2D eigenvalue weighted by Crippen LogP contribution is 2.23. The number of urea groups is 1. The molecule has 0 saturated heterocycles. The van der Waals surface area contributed by atoms with Crippen LogP contribution >= 0.6 is 0 Å². The molecule has 1 atom stereocenters. The minimum absolute atomic E-state index is 0.0651. The second-order valence-electron chi connectivity index (χ2n) is 5.81. The van der Waals surface area contributed by atoms with E-state index < -0.39 is 5.91 Å². The van der Waals surface area contributed by atoms with Crippen LogP contribution in [0.2, 0.25) is 0 Å². The van der Waals surface area contributed by atoms with Crippen molar-refractivity contribution in [1.82, 2.24) is 5.32 Å². The number of nitrogens with two attached hydrogens (primary N) is 1. The summed E-state index contributed by atoms with van der Waals surface area (Å²) < 4.78 is 5.75. The third kappa shape index (κ3) is 3.98. The molecule has 0 saturated carbocycles. The monoisotopic (exact) mass is 337 g/mol. The molecule has 4 N–H and O–H groups in total. The van der Waals surface area contributed by atoms with Crippen LogP contribution in [0.25, 0.3) is 11.0 Å². The number of nitrogens with one attached hydrogen (secondary N) is 2. The van der Waals surface area contributed by atoms with Crippen LogP contribution in [-0.4, -0.2) is 11.9 Å². The molecule has 1 unspecified atom stereocenters. The fraction of sp³-hybridized carbons (Fsp3) is 0.158. The first-order chi connectivity index (χ1) is 12.0. The molecule has 3 amide bonds. The summed E-state index contributed by atoms with van der Waals surface area (Å²) in [5.41, 5.74) is 7.23. The van der Waals surface area contributed by atoms with Crippen LogP contribution < -0.4 is 16.4 Å². The van der Waals surface area contributed by atoms with Crippen LogP contribution in [0.1, 0.15) is 24.3 Å². The highest BCUT2D eigenvalue weighted by molar-refractivity contribution is 5.91. The zero-order valence-electron chi connectivity index (χ0n) is 13.8. The number of fused-ring (bicyclic) bond motifs is 1. The number of carbonyl (C=O) groups excluding carboxylic acids is 2. The third-order valence-electron chi connectivity index (χ3n) is 3.85. The number of hydrogen-bond acceptors (Lipinski definition) is 3.